The van der Waals surface area contributed by atoms with Crippen LogP contribution in [0, 0.1) is 0 Å². The van der Waals surface area contributed by atoms with Crippen molar-refractivity contribution in [2.45, 2.75) is 46.1 Å². The average molecular weight is 335 g/mol. The molecule has 136 valence electrons. The van der Waals surface area contributed by atoms with Crippen LogP contribution in [0.2, 0.25) is 0 Å². The molecular weight excluding hydrogens is 302 g/mol. The van der Waals surface area contributed by atoms with Crippen molar-refractivity contribution >= 4 is 5.96 Å². The normalized spacial score (nSPS) is 11.4. The van der Waals surface area contributed by atoms with Crippen molar-refractivity contribution in [2.75, 3.05) is 33.4 Å². The van der Waals surface area contributed by atoms with E-state index in [1.165, 1.54) is 25.7 Å². The molecule has 5 heteroatoms. The number of rotatable bonds is 12. The summed E-state index contributed by atoms with van der Waals surface area (Å²) in [5.74, 6) is 1.73. The summed E-state index contributed by atoms with van der Waals surface area (Å²) in [6.45, 7) is 7.92. The maximum atomic E-state index is 5.64. The number of methoxy groups -OCH3 is 1. The lowest BCUT2D eigenvalue weighted by atomic mass is 10.2. The predicted octanol–water partition coefficient (Wildman–Crippen LogP) is 3.35. The second-order valence-electron chi connectivity index (χ2n) is 5.67. The van der Waals surface area contributed by atoms with Crippen molar-refractivity contribution in [3.63, 3.8) is 0 Å². The Morgan fingerprint density at radius 2 is 1.96 bits per heavy atom. The SMILES string of the molecule is CCCCCCNC(=NCc1cccc(OCCOC)c1)NCC. The molecular formula is C19H33N3O2. The first-order valence-corrected chi connectivity index (χ1v) is 9.03. The van der Waals surface area contributed by atoms with E-state index in [1.807, 2.05) is 18.2 Å². The molecule has 0 aliphatic carbocycles. The lowest BCUT2D eigenvalue weighted by Gasteiger charge is -2.11. The van der Waals surface area contributed by atoms with Gasteiger partial charge in [0.25, 0.3) is 0 Å². The largest absolute Gasteiger partial charge is 0.491 e. The van der Waals surface area contributed by atoms with E-state index in [1.54, 1.807) is 7.11 Å². The first-order valence-electron chi connectivity index (χ1n) is 9.03. The molecule has 2 N–H and O–H groups in total. The van der Waals surface area contributed by atoms with E-state index in [-0.39, 0.29) is 0 Å². The van der Waals surface area contributed by atoms with Gasteiger partial charge < -0.3 is 20.1 Å². The van der Waals surface area contributed by atoms with Gasteiger partial charge >= 0.3 is 0 Å². The maximum absolute atomic E-state index is 5.64. The lowest BCUT2D eigenvalue weighted by molar-refractivity contribution is 0.146. The Kier molecular flexibility index (Phi) is 11.6. The summed E-state index contributed by atoms with van der Waals surface area (Å²) < 4.78 is 10.6. The van der Waals surface area contributed by atoms with Gasteiger partial charge in [-0.15, -0.1) is 0 Å². The highest BCUT2D eigenvalue weighted by Crippen LogP contribution is 2.14. The molecule has 0 spiro atoms. The van der Waals surface area contributed by atoms with Crippen molar-refractivity contribution in [1.82, 2.24) is 10.6 Å². The van der Waals surface area contributed by atoms with E-state index >= 15 is 0 Å². The van der Waals surface area contributed by atoms with Gasteiger partial charge in [-0.3, -0.25) is 0 Å². The molecule has 0 amide bonds. The van der Waals surface area contributed by atoms with Crippen LogP contribution in [0.15, 0.2) is 29.3 Å². The predicted molar refractivity (Wildman–Crippen MR) is 101 cm³/mol. The van der Waals surface area contributed by atoms with E-state index in [0.717, 1.165) is 30.4 Å². The third-order valence-corrected chi connectivity index (χ3v) is 3.54. The van der Waals surface area contributed by atoms with Crippen molar-refractivity contribution in [3.05, 3.63) is 29.8 Å². The monoisotopic (exact) mass is 335 g/mol. The molecule has 5 nitrogen and oxygen atoms in total. The molecule has 0 unspecified atom stereocenters. The van der Waals surface area contributed by atoms with Gasteiger partial charge in [0, 0.05) is 20.2 Å². The van der Waals surface area contributed by atoms with E-state index in [4.69, 9.17) is 9.47 Å². The molecule has 1 rings (SSSR count). The van der Waals surface area contributed by atoms with Crippen molar-refractivity contribution in [3.8, 4) is 5.75 Å². The fraction of sp³-hybridized carbons (Fsp3) is 0.632. The second-order valence-corrected chi connectivity index (χ2v) is 5.67. The molecule has 0 aliphatic rings. The number of hydrogen-bond acceptors (Lipinski definition) is 3. The van der Waals surface area contributed by atoms with Gasteiger partial charge in [-0.1, -0.05) is 38.3 Å². The molecule has 0 aromatic heterocycles. The maximum Gasteiger partial charge on any atom is 0.191 e. The molecule has 0 saturated carbocycles. The number of ether oxygens (including phenoxy) is 2. The van der Waals surface area contributed by atoms with Gasteiger partial charge in [0.2, 0.25) is 0 Å². The standard InChI is InChI=1S/C19H33N3O2/c1-4-6-7-8-12-21-19(20-5-2)22-16-17-10-9-11-18(15-17)24-14-13-23-3/h9-11,15H,4-8,12-14,16H2,1-3H3,(H2,20,21,22). The number of hydrogen-bond donors (Lipinski definition) is 2. The molecule has 1 aromatic rings. The lowest BCUT2D eigenvalue weighted by Crippen LogP contribution is -2.37. The Labute approximate surface area is 146 Å². The molecule has 0 radical (unpaired) electrons. The van der Waals surface area contributed by atoms with E-state index in [2.05, 4.69) is 35.5 Å². The number of aliphatic imine (C=N–C) groups is 1. The van der Waals surface area contributed by atoms with Gasteiger partial charge in [0.15, 0.2) is 5.96 Å². The third-order valence-electron chi connectivity index (χ3n) is 3.54. The van der Waals surface area contributed by atoms with E-state index in [0.29, 0.717) is 19.8 Å². The van der Waals surface area contributed by atoms with Gasteiger partial charge in [0.05, 0.1) is 13.2 Å². The molecule has 0 aliphatic heterocycles. The van der Waals surface area contributed by atoms with Crippen molar-refractivity contribution in [1.29, 1.82) is 0 Å². The topological polar surface area (TPSA) is 54.9 Å². The zero-order valence-electron chi connectivity index (χ0n) is 15.4. The van der Waals surface area contributed by atoms with Crippen LogP contribution >= 0.6 is 0 Å². The zero-order chi connectivity index (χ0) is 17.5. The minimum absolute atomic E-state index is 0.561. The Hall–Kier alpha value is -1.75. The summed E-state index contributed by atoms with van der Waals surface area (Å²) >= 11 is 0. The molecule has 0 heterocycles. The van der Waals surface area contributed by atoms with E-state index < -0.39 is 0 Å². The average Bonchev–Trinajstić information content (AvgIpc) is 2.60. The summed E-state index contributed by atoms with van der Waals surface area (Å²) in [7, 11) is 1.67. The molecule has 0 bridgehead atoms. The molecule has 1 aromatic carbocycles. The highest BCUT2D eigenvalue weighted by atomic mass is 16.5. The quantitative estimate of drug-likeness (QED) is 0.349. The Bertz CT molecular complexity index is 464. The minimum Gasteiger partial charge on any atom is -0.491 e. The Morgan fingerprint density at radius 3 is 2.71 bits per heavy atom. The minimum atomic E-state index is 0.561. The Balaban J connectivity index is 2.47. The van der Waals surface area contributed by atoms with Crippen LogP contribution in [-0.4, -0.2) is 39.4 Å². The highest BCUT2D eigenvalue weighted by Gasteiger charge is 1.99. The molecule has 0 saturated heterocycles. The fourth-order valence-corrected chi connectivity index (χ4v) is 2.25. The summed E-state index contributed by atoms with van der Waals surface area (Å²) in [4.78, 5) is 4.65. The van der Waals surface area contributed by atoms with Crippen LogP contribution in [-0.2, 0) is 11.3 Å². The van der Waals surface area contributed by atoms with Crippen LogP contribution in [0.25, 0.3) is 0 Å². The summed E-state index contributed by atoms with van der Waals surface area (Å²) in [5.41, 5.74) is 1.13. The number of unbranched alkanes of at least 4 members (excludes halogenated alkanes) is 3. The molecule has 0 atom stereocenters. The van der Waals surface area contributed by atoms with Crippen LogP contribution in [0.4, 0.5) is 0 Å². The molecule has 24 heavy (non-hydrogen) atoms. The number of benzene rings is 1. The fourth-order valence-electron chi connectivity index (χ4n) is 2.25. The van der Waals surface area contributed by atoms with Gasteiger partial charge in [-0.25, -0.2) is 4.99 Å². The molecule has 0 fully saturated rings. The number of guanidine groups is 1. The zero-order valence-corrected chi connectivity index (χ0v) is 15.4. The number of nitrogens with zero attached hydrogens (tertiary/aromatic N) is 1. The van der Waals surface area contributed by atoms with Gasteiger partial charge in [0.1, 0.15) is 12.4 Å². The van der Waals surface area contributed by atoms with Crippen LogP contribution in [0.1, 0.15) is 45.1 Å². The first-order chi connectivity index (χ1) is 11.8. The van der Waals surface area contributed by atoms with Gasteiger partial charge in [-0.2, -0.15) is 0 Å². The summed E-state index contributed by atoms with van der Waals surface area (Å²) in [6.07, 6.45) is 5.01. The van der Waals surface area contributed by atoms with Crippen LogP contribution in [0.3, 0.4) is 0 Å². The van der Waals surface area contributed by atoms with E-state index in [9.17, 15) is 0 Å². The first kappa shape index (κ1) is 20.3. The van der Waals surface area contributed by atoms with Crippen LogP contribution < -0.4 is 15.4 Å². The Morgan fingerprint density at radius 1 is 1.08 bits per heavy atom. The smallest absolute Gasteiger partial charge is 0.191 e. The van der Waals surface area contributed by atoms with Crippen LogP contribution in [0.5, 0.6) is 5.75 Å². The van der Waals surface area contributed by atoms with Crippen molar-refractivity contribution < 1.29 is 9.47 Å². The van der Waals surface area contributed by atoms with Gasteiger partial charge in [-0.05, 0) is 31.0 Å². The summed E-state index contributed by atoms with van der Waals surface area (Å²) in [5, 5.41) is 6.69. The number of nitrogens with one attached hydrogen (secondary N) is 2. The highest BCUT2D eigenvalue weighted by molar-refractivity contribution is 5.79. The van der Waals surface area contributed by atoms with Crippen molar-refractivity contribution in [2.24, 2.45) is 4.99 Å². The third kappa shape index (κ3) is 9.40. The second kappa shape index (κ2) is 13.7. The summed E-state index contributed by atoms with van der Waals surface area (Å²) in [6, 6.07) is 8.06.